The summed E-state index contributed by atoms with van der Waals surface area (Å²) >= 11 is 0. The summed E-state index contributed by atoms with van der Waals surface area (Å²) in [5.74, 6) is -3.62. The van der Waals surface area contributed by atoms with E-state index in [-0.39, 0.29) is 28.5 Å². The molecule has 1 N–H and O–H groups in total. The number of phenols is 1. The quantitative estimate of drug-likeness (QED) is 0.763. The Morgan fingerprint density at radius 1 is 1.04 bits per heavy atom. The van der Waals surface area contributed by atoms with E-state index >= 15 is 0 Å². The van der Waals surface area contributed by atoms with Crippen molar-refractivity contribution in [3.63, 3.8) is 0 Å². The van der Waals surface area contributed by atoms with Crippen LogP contribution in [0.5, 0.6) is 17.4 Å². The number of aromatic nitrogens is 3. The van der Waals surface area contributed by atoms with Crippen LogP contribution in [0, 0.1) is 5.82 Å². The molecule has 3 rings (SSSR count). The number of pyridine rings is 1. The second-order valence-corrected chi connectivity index (χ2v) is 5.27. The predicted molar refractivity (Wildman–Crippen MR) is 83.0 cm³/mol. The van der Waals surface area contributed by atoms with E-state index in [2.05, 4.69) is 15.0 Å². The first-order valence-corrected chi connectivity index (χ1v) is 7.15. The van der Waals surface area contributed by atoms with Crippen LogP contribution in [0.3, 0.4) is 0 Å². The molecule has 0 unspecified atom stereocenters. The molecule has 0 aliphatic rings. The normalized spacial score (nSPS) is 11.4. The lowest BCUT2D eigenvalue weighted by Crippen LogP contribution is -2.09. The molecule has 0 saturated carbocycles. The monoisotopic (exact) mass is 347 g/mol. The van der Waals surface area contributed by atoms with Gasteiger partial charge in [-0.25, -0.2) is 14.4 Å². The number of hydrogen-bond donors (Lipinski definition) is 1. The van der Waals surface area contributed by atoms with Crippen LogP contribution in [0.2, 0.25) is 0 Å². The van der Waals surface area contributed by atoms with Gasteiger partial charge in [-0.3, -0.25) is 4.98 Å². The molecular weight excluding hydrogens is 335 g/mol. The van der Waals surface area contributed by atoms with Crippen LogP contribution in [0.15, 0.2) is 49.1 Å². The van der Waals surface area contributed by atoms with Gasteiger partial charge in [0.2, 0.25) is 5.88 Å². The van der Waals surface area contributed by atoms with Gasteiger partial charge >= 0.3 is 0 Å². The lowest BCUT2D eigenvalue weighted by atomic mass is 10.1. The SMILES string of the molecule is CC(F)(F)c1ccc(Oc2ncncc2-c2cc(F)ccc2O)cn1. The standard InChI is InChI=1S/C17H12F3N3O2/c1-17(19,20)15-5-3-11(7-22-15)25-16-13(8-21-9-23-16)12-6-10(18)2-4-14(12)24/h2-9,24H,1H3. The molecule has 0 bridgehead atoms. The highest BCUT2D eigenvalue weighted by Crippen LogP contribution is 2.36. The number of halogens is 3. The van der Waals surface area contributed by atoms with Gasteiger partial charge < -0.3 is 9.84 Å². The van der Waals surface area contributed by atoms with Crippen LogP contribution in [-0.2, 0) is 5.92 Å². The van der Waals surface area contributed by atoms with E-state index in [0.717, 1.165) is 31.3 Å². The molecule has 0 radical (unpaired) electrons. The van der Waals surface area contributed by atoms with Crippen LogP contribution in [-0.4, -0.2) is 20.1 Å². The Hall–Kier alpha value is -3.16. The predicted octanol–water partition coefficient (Wildman–Crippen LogP) is 4.29. The number of aromatic hydroxyl groups is 1. The van der Waals surface area contributed by atoms with Crippen molar-refractivity contribution in [3.05, 3.63) is 60.6 Å². The molecular formula is C17H12F3N3O2. The number of hydrogen-bond acceptors (Lipinski definition) is 5. The van der Waals surface area contributed by atoms with Gasteiger partial charge in [0.15, 0.2) is 0 Å². The van der Waals surface area contributed by atoms with Crippen molar-refractivity contribution in [2.45, 2.75) is 12.8 Å². The van der Waals surface area contributed by atoms with Crippen LogP contribution >= 0.6 is 0 Å². The summed E-state index contributed by atoms with van der Waals surface area (Å²) in [4.78, 5) is 11.4. The maximum absolute atomic E-state index is 13.5. The summed E-state index contributed by atoms with van der Waals surface area (Å²) in [5, 5.41) is 9.93. The lowest BCUT2D eigenvalue weighted by molar-refractivity contribution is 0.0127. The number of ether oxygens (including phenoxy) is 1. The van der Waals surface area contributed by atoms with Gasteiger partial charge in [0.25, 0.3) is 5.92 Å². The van der Waals surface area contributed by atoms with E-state index in [9.17, 15) is 18.3 Å². The molecule has 8 heteroatoms. The molecule has 0 aliphatic heterocycles. The third kappa shape index (κ3) is 3.68. The average Bonchev–Trinajstić information content (AvgIpc) is 2.57. The van der Waals surface area contributed by atoms with Crippen LogP contribution in [0.1, 0.15) is 12.6 Å². The fourth-order valence-corrected chi connectivity index (χ4v) is 2.12. The van der Waals surface area contributed by atoms with Crippen molar-refractivity contribution in [1.29, 1.82) is 0 Å². The van der Waals surface area contributed by atoms with Crippen molar-refractivity contribution >= 4 is 0 Å². The van der Waals surface area contributed by atoms with Crippen molar-refractivity contribution in [3.8, 4) is 28.5 Å². The van der Waals surface area contributed by atoms with Gasteiger partial charge in [-0.15, -0.1) is 0 Å². The third-order valence-electron chi connectivity index (χ3n) is 3.33. The second-order valence-electron chi connectivity index (χ2n) is 5.27. The zero-order valence-electron chi connectivity index (χ0n) is 12.9. The minimum absolute atomic E-state index is 0.0220. The molecule has 2 aromatic heterocycles. The van der Waals surface area contributed by atoms with E-state index in [4.69, 9.17) is 4.74 Å². The van der Waals surface area contributed by atoms with Crippen molar-refractivity contribution in [2.75, 3.05) is 0 Å². The molecule has 128 valence electrons. The zero-order valence-corrected chi connectivity index (χ0v) is 12.9. The lowest BCUT2D eigenvalue weighted by Gasteiger charge is -2.12. The Morgan fingerprint density at radius 3 is 2.52 bits per heavy atom. The van der Waals surface area contributed by atoms with Gasteiger partial charge in [-0.1, -0.05) is 0 Å². The molecule has 0 fully saturated rings. The molecule has 0 atom stereocenters. The summed E-state index contributed by atoms with van der Waals surface area (Å²) in [5.41, 5.74) is -0.0183. The van der Waals surface area contributed by atoms with Crippen molar-refractivity contribution in [2.24, 2.45) is 0 Å². The maximum atomic E-state index is 13.5. The van der Waals surface area contributed by atoms with Crippen LogP contribution < -0.4 is 4.74 Å². The van der Waals surface area contributed by atoms with Gasteiger partial charge in [0.1, 0.15) is 29.3 Å². The number of nitrogens with zero attached hydrogens (tertiary/aromatic N) is 3. The van der Waals surface area contributed by atoms with Crippen molar-refractivity contribution in [1.82, 2.24) is 15.0 Å². The number of benzene rings is 1. The van der Waals surface area contributed by atoms with Gasteiger partial charge in [-0.2, -0.15) is 8.78 Å². The molecule has 0 aliphatic carbocycles. The smallest absolute Gasteiger partial charge is 0.286 e. The van der Waals surface area contributed by atoms with Crippen molar-refractivity contribution < 1.29 is 23.0 Å². The highest BCUT2D eigenvalue weighted by molar-refractivity contribution is 5.73. The van der Waals surface area contributed by atoms with E-state index in [1.807, 2.05) is 0 Å². The fourth-order valence-electron chi connectivity index (χ4n) is 2.12. The fraction of sp³-hybridized carbons (Fsp3) is 0.118. The molecule has 0 spiro atoms. The number of rotatable bonds is 4. The number of phenolic OH excluding ortho intramolecular Hbond substituents is 1. The van der Waals surface area contributed by atoms with E-state index in [1.54, 1.807) is 0 Å². The van der Waals surface area contributed by atoms with Crippen LogP contribution in [0.25, 0.3) is 11.1 Å². The Labute approximate surface area is 140 Å². The topological polar surface area (TPSA) is 68.1 Å². The molecule has 0 amide bonds. The average molecular weight is 347 g/mol. The van der Waals surface area contributed by atoms with Gasteiger partial charge in [0, 0.05) is 18.7 Å². The van der Waals surface area contributed by atoms with E-state index in [0.29, 0.717) is 0 Å². The Kier molecular flexibility index (Phi) is 4.26. The minimum Gasteiger partial charge on any atom is -0.507 e. The minimum atomic E-state index is -3.06. The van der Waals surface area contributed by atoms with E-state index in [1.165, 1.54) is 24.7 Å². The van der Waals surface area contributed by atoms with Gasteiger partial charge in [0.05, 0.1) is 11.8 Å². The Bertz CT molecular complexity index is 896. The first-order valence-electron chi connectivity index (χ1n) is 7.15. The molecule has 0 saturated heterocycles. The maximum Gasteiger partial charge on any atom is 0.286 e. The summed E-state index contributed by atoms with van der Waals surface area (Å²) < 4.78 is 45.4. The first kappa shape index (κ1) is 16.7. The number of alkyl halides is 2. The second kappa shape index (κ2) is 6.39. The van der Waals surface area contributed by atoms with Crippen LogP contribution in [0.4, 0.5) is 13.2 Å². The summed E-state index contributed by atoms with van der Waals surface area (Å²) in [7, 11) is 0. The molecule has 25 heavy (non-hydrogen) atoms. The highest BCUT2D eigenvalue weighted by atomic mass is 19.3. The zero-order chi connectivity index (χ0) is 18.0. The first-order chi connectivity index (χ1) is 11.8. The Morgan fingerprint density at radius 2 is 1.84 bits per heavy atom. The third-order valence-corrected chi connectivity index (χ3v) is 3.33. The van der Waals surface area contributed by atoms with E-state index < -0.39 is 17.4 Å². The van der Waals surface area contributed by atoms with Gasteiger partial charge in [-0.05, 0) is 30.3 Å². The summed E-state index contributed by atoms with van der Waals surface area (Å²) in [6.07, 6.45) is 3.68. The summed E-state index contributed by atoms with van der Waals surface area (Å²) in [6, 6.07) is 5.87. The largest absolute Gasteiger partial charge is 0.507 e. The molecule has 2 heterocycles. The molecule has 1 aromatic carbocycles. The molecule has 3 aromatic rings. The summed E-state index contributed by atoms with van der Waals surface area (Å²) in [6.45, 7) is 0.741. The highest BCUT2D eigenvalue weighted by Gasteiger charge is 2.26. The molecule has 5 nitrogen and oxygen atoms in total. The Balaban J connectivity index is 1.95.